The number of guanidine groups is 2. The van der Waals surface area contributed by atoms with Gasteiger partial charge in [0.05, 0.1) is 11.4 Å². The number of benzene rings is 1. The third-order valence-electron chi connectivity index (χ3n) is 4.32. The molecule has 0 radical (unpaired) electrons. The lowest BCUT2D eigenvalue weighted by atomic mass is 9.87. The van der Waals surface area contributed by atoms with Gasteiger partial charge in [0, 0.05) is 7.05 Å². The minimum atomic E-state index is -0.562. The highest BCUT2D eigenvalue weighted by molar-refractivity contribution is 6.07. The Hall–Kier alpha value is -2.31. The van der Waals surface area contributed by atoms with E-state index in [9.17, 15) is 4.39 Å². The number of anilines is 2. The van der Waals surface area contributed by atoms with Gasteiger partial charge in [-0.15, -0.1) is 0 Å². The lowest BCUT2D eigenvalue weighted by molar-refractivity contribution is 0.305. The molecule has 0 atom stereocenters. The largest absolute Gasteiger partial charge is 0.386 e. The van der Waals surface area contributed by atoms with Crippen molar-refractivity contribution in [3.8, 4) is 0 Å². The van der Waals surface area contributed by atoms with Gasteiger partial charge in [-0.3, -0.25) is 4.90 Å². The summed E-state index contributed by atoms with van der Waals surface area (Å²) >= 11 is 0. The fraction of sp³-hybridized carbons (Fsp3) is 0.467. The molecule has 0 bridgehead atoms. The second kappa shape index (κ2) is 5.47. The molecule has 1 aromatic carbocycles. The van der Waals surface area contributed by atoms with Gasteiger partial charge in [-0.2, -0.15) is 4.99 Å². The molecule has 0 amide bonds. The van der Waals surface area contributed by atoms with E-state index in [1.165, 1.54) is 12.1 Å². The summed E-state index contributed by atoms with van der Waals surface area (Å²) in [5, 5.41) is 3.08. The van der Waals surface area contributed by atoms with E-state index in [1.807, 2.05) is 4.90 Å². The Kier molecular flexibility index (Phi) is 3.64. The molecule has 1 spiro atoms. The number of nitrogens with one attached hydrogen (secondary N) is 1. The van der Waals surface area contributed by atoms with Crippen molar-refractivity contribution in [3.63, 3.8) is 0 Å². The van der Waals surface area contributed by atoms with Crippen LogP contribution in [0.25, 0.3) is 0 Å². The SMILES string of the molecule is CNc1ccc(F)cc1N1C(N)=NC(N)=NC12CCCCC2. The molecule has 1 aliphatic heterocycles. The first-order valence-corrected chi connectivity index (χ1v) is 7.53. The Bertz CT molecular complexity index is 633. The number of hydrogen-bond donors (Lipinski definition) is 3. The van der Waals surface area contributed by atoms with Gasteiger partial charge in [0.1, 0.15) is 11.5 Å². The average molecular weight is 304 g/mol. The second-order valence-electron chi connectivity index (χ2n) is 5.73. The van der Waals surface area contributed by atoms with Crippen LogP contribution >= 0.6 is 0 Å². The molecule has 2 aliphatic rings. The van der Waals surface area contributed by atoms with Gasteiger partial charge in [-0.05, 0) is 43.9 Å². The summed E-state index contributed by atoms with van der Waals surface area (Å²) in [5.74, 6) is 0.129. The quantitative estimate of drug-likeness (QED) is 0.779. The molecule has 22 heavy (non-hydrogen) atoms. The van der Waals surface area contributed by atoms with Crippen LogP contribution in [0.4, 0.5) is 15.8 Å². The van der Waals surface area contributed by atoms with Crippen molar-refractivity contribution in [1.29, 1.82) is 0 Å². The lowest BCUT2D eigenvalue weighted by Crippen LogP contribution is -2.58. The fourth-order valence-corrected chi connectivity index (χ4v) is 3.37. The first-order valence-electron chi connectivity index (χ1n) is 7.53. The van der Waals surface area contributed by atoms with E-state index in [0.29, 0.717) is 5.69 Å². The van der Waals surface area contributed by atoms with Crippen LogP contribution in [0.2, 0.25) is 0 Å². The summed E-state index contributed by atoms with van der Waals surface area (Å²) in [5.41, 5.74) is 12.8. The van der Waals surface area contributed by atoms with Crippen LogP contribution < -0.4 is 21.7 Å². The number of aliphatic imine (C=N–C) groups is 2. The molecule has 7 heteroatoms. The van der Waals surface area contributed by atoms with Crippen LogP contribution in [0.15, 0.2) is 28.2 Å². The van der Waals surface area contributed by atoms with Gasteiger partial charge in [0.2, 0.25) is 11.9 Å². The maximum atomic E-state index is 13.8. The third-order valence-corrected chi connectivity index (χ3v) is 4.32. The number of nitrogens with two attached hydrogens (primary N) is 2. The zero-order valence-electron chi connectivity index (χ0n) is 12.6. The van der Waals surface area contributed by atoms with E-state index in [1.54, 1.807) is 13.1 Å². The van der Waals surface area contributed by atoms with E-state index in [0.717, 1.165) is 37.8 Å². The highest BCUT2D eigenvalue weighted by Crippen LogP contribution is 2.41. The molecule has 0 aromatic heterocycles. The first kappa shape index (κ1) is 14.6. The second-order valence-corrected chi connectivity index (χ2v) is 5.73. The molecule has 5 N–H and O–H groups in total. The molecule has 6 nitrogen and oxygen atoms in total. The van der Waals surface area contributed by atoms with Crippen molar-refractivity contribution >= 4 is 23.3 Å². The molecular formula is C15H21FN6. The summed E-state index contributed by atoms with van der Waals surface area (Å²) in [7, 11) is 1.79. The van der Waals surface area contributed by atoms with E-state index >= 15 is 0 Å². The minimum absolute atomic E-state index is 0.193. The van der Waals surface area contributed by atoms with Crippen LogP contribution in [0.1, 0.15) is 32.1 Å². The molecule has 1 heterocycles. The number of rotatable bonds is 2. The lowest BCUT2D eigenvalue weighted by Gasteiger charge is -2.46. The maximum absolute atomic E-state index is 13.8. The average Bonchev–Trinajstić information content (AvgIpc) is 2.47. The van der Waals surface area contributed by atoms with E-state index < -0.39 is 5.66 Å². The number of hydrogen-bond acceptors (Lipinski definition) is 6. The summed E-state index contributed by atoms with van der Waals surface area (Å²) < 4.78 is 13.8. The Labute approximate surface area is 129 Å². The Morgan fingerprint density at radius 2 is 1.95 bits per heavy atom. The third kappa shape index (κ3) is 2.36. The van der Waals surface area contributed by atoms with Gasteiger partial charge in [-0.1, -0.05) is 6.42 Å². The Morgan fingerprint density at radius 1 is 1.23 bits per heavy atom. The topological polar surface area (TPSA) is 92.0 Å². The maximum Gasteiger partial charge on any atom is 0.220 e. The van der Waals surface area contributed by atoms with Gasteiger partial charge < -0.3 is 16.8 Å². The van der Waals surface area contributed by atoms with Crippen LogP contribution in [0.3, 0.4) is 0 Å². The molecule has 1 fully saturated rings. The molecule has 3 rings (SSSR count). The van der Waals surface area contributed by atoms with Crippen LogP contribution in [-0.2, 0) is 0 Å². The predicted octanol–water partition coefficient (Wildman–Crippen LogP) is 1.98. The Balaban J connectivity index is 2.14. The van der Waals surface area contributed by atoms with Crippen molar-refractivity contribution in [3.05, 3.63) is 24.0 Å². The van der Waals surface area contributed by atoms with Gasteiger partial charge in [0.15, 0.2) is 0 Å². The van der Waals surface area contributed by atoms with Crippen LogP contribution in [-0.4, -0.2) is 24.6 Å². The molecule has 118 valence electrons. The monoisotopic (exact) mass is 304 g/mol. The van der Waals surface area contributed by atoms with E-state index in [2.05, 4.69) is 15.3 Å². The predicted molar refractivity (Wildman–Crippen MR) is 87.5 cm³/mol. The number of halogens is 1. The highest BCUT2D eigenvalue weighted by Gasteiger charge is 2.43. The first-order chi connectivity index (χ1) is 10.6. The highest BCUT2D eigenvalue weighted by atomic mass is 19.1. The van der Waals surface area contributed by atoms with Gasteiger partial charge in [0.25, 0.3) is 0 Å². The van der Waals surface area contributed by atoms with Crippen molar-refractivity contribution in [2.45, 2.75) is 37.8 Å². The van der Waals surface area contributed by atoms with Crippen molar-refractivity contribution < 1.29 is 4.39 Å². The normalized spacial score (nSPS) is 20.5. The molecular weight excluding hydrogens is 283 g/mol. The number of nitrogens with zero attached hydrogens (tertiary/aromatic N) is 3. The summed E-state index contributed by atoms with van der Waals surface area (Å²) in [6.07, 6.45) is 4.87. The zero-order chi connectivity index (χ0) is 15.7. The summed E-state index contributed by atoms with van der Waals surface area (Å²) in [4.78, 5) is 10.5. The van der Waals surface area contributed by atoms with Crippen LogP contribution in [0, 0.1) is 5.82 Å². The van der Waals surface area contributed by atoms with Crippen LogP contribution in [0.5, 0.6) is 0 Å². The van der Waals surface area contributed by atoms with Crippen molar-refractivity contribution in [2.75, 3.05) is 17.3 Å². The minimum Gasteiger partial charge on any atom is -0.386 e. The Morgan fingerprint density at radius 3 is 2.64 bits per heavy atom. The smallest absolute Gasteiger partial charge is 0.220 e. The van der Waals surface area contributed by atoms with E-state index in [4.69, 9.17) is 11.5 Å². The van der Waals surface area contributed by atoms with Gasteiger partial charge in [-0.25, -0.2) is 9.38 Å². The molecule has 1 saturated carbocycles. The van der Waals surface area contributed by atoms with Crippen molar-refractivity contribution in [1.82, 2.24) is 0 Å². The van der Waals surface area contributed by atoms with E-state index in [-0.39, 0.29) is 17.7 Å². The van der Waals surface area contributed by atoms with Gasteiger partial charge >= 0.3 is 0 Å². The molecule has 0 unspecified atom stereocenters. The molecule has 0 saturated heterocycles. The summed E-state index contributed by atoms with van der Waals surface area (Å²) in [6.45, 7) is 0. The fourth-order valence-electron chi connectivity index (χ4n) is 3.37. The summed E-state index contributed by atoms with van der Waals surface area (Å²) in [6, 6.07) is 4.57. The molecule has 1 aliphatic carbocycles. The zero-order valence-corrected chi connectivity index (χ0v) is 12.6. The van der Waals surface area contributed by atoms with Crippen molar-refractivity contribution in [2.24, 2.45) is 21.5 Å². The standard InChI is InChI=1S/C15H21FN6/c1-19-11-6-5-10(16)9-12(11)22-14(18)20-13(17)21-15(22)7-3-2-4-8-15/h5-6,9,19H,2-4,7-8H2,1H3,(H4,17,18,20,21). The molecule has 1 aromatic rings.